The lowest BCUT2D eigenvalue weighted by Crippen LogP contribution is -2.22. The molecule has 0 radical (unpaired) electrons. The first-order valence-electron chi connectivity index (χ1n) is 7.57. The van der Waals surface area contributed by atoms with Crippen LogP contribution in [0.5, 0.6) is 0 Å². The molecule has 0 bridgehead atoms. The fourth-order valence-electron chi connectivity index (χ4n) is 2.40. The molecule has 0 fully saturated rings. The average Bonchev–Trinajstić information content (AvgIpc) is 2.91. The zero-order valence-electron chi connectivity index (χ0n) is 13.2. The Morgan fingerprint density at radius 1 is 1.10 bits per heavy atom. The lowest BCUT2D eigenvalue weighted by molar-refractivity contribution is 0.453. The van der Waals surface area contributed by atoms with Gasteiger partial charge in [-0.15, -0.1) is 0 Å². The van der Waals surface area contributed by atoms with Crippen molar-refractivity contribution >= 4 is 11.6 Å². The van der Waals surface area contributed by atoms with Crippen molar-refractivity contribution in [2.24, 2.45) is 0 Å². The summed E-state index contributed by atoms with van der Waals surface area (Å²) in [5, 5.41) is 3.88. The van der Waals surface area contributed by atoms with E-state index < -0.39 is 0 Å². The molecule has 1 N–H and O–H groups in total. The van der Waals surface area contributed by atoms with Crippen LogP contribution in [0, 0.1) is 0 Å². The fourth-order valence-corrected chi connectivity index (χ4v) is 2.55. The maximum absolute atomic E-state index is 5.90. The van der Waals surface area contributed by atoms with Crippen LogP contribution in [0.1, 0.15) is 57.0 Å². The van der Waals surface area contributed by atoms with Gasteiger partial charge in [0.2, 0.25) is 0 Å². The summed E-state index contributed by atoms with van der Waals surface area (Å²) in [5.74, 6) is 0.851. The third kappa shape index (κ3) is 3.69. The van der Waals surface area contributed by atoms with Crippen LogP contribution in [0.15, 0.2) is 40.8 Å². The highest BCUT2D eigenvalue weighted by Gasteiger charge is 2.20. The number of hydrogen-bond donors (Lipinski definition) is 1. The third-order valence-electron chi connectivity index (χ3n) is 4.20. The Labute approximate surface area is 132 Å². The molecule has 1 aromatic heterocycles. The van der Waals surface area contributed by atoms with Crippen molar-refractivity contribution in [1.82, 2.24) is 5.32 Å². The van der Waals surface area contributed by atoms with Crippen LogP contribution in [0.2, 0.25) is 5.22 Å². The Kier molecular flexibility index (Phi) is 5.13. The number of nitrogens with one attached hydrogen (secondary N) is 1. The first-order valence-corrected chi connectivity index (χ1v) is 7.94. The van der Waals surface area contributed by atoms with Gasteiger partial charge >= 0.3 is 0 Å². The molecule has 1 heterocycles. The van der Waals surface area contributed by atoms with Crippen molar-refractivity contribution in [3.63, 3.8) is 0 Å². The molecule has 1 unspecified atom stereocenters. The number of rotatable bonds is 6. The molecule has 0 saturated heterocycles. The highest BCUT2D eigenvalue weighted by Crippen LogP contribution is 2.30. The van der Waals surface area contributed by atoms with Crippen LogP contribution in [0.3, 0.4) is 0 Å². The molecule has 1 atom stereocenters. The minimum absolute atomic E-state index is 0.0429. The van der Waals surface area contributed by atoms with E-state index in [0.717, 1.165) is 18.7 Å². The van der Waals surface area contributed by atoms with Crippen molar-refractivity contribution in [3.8, 4) is 0 Å². The molecular weight excluding hydrogens is 282 g/mol. The van der Waals surface area contributed by atoms with E-state index in [1.54, 1.807) is 6.07 Å². The molecule has 0 amide bonds. The van der Waals surface area contributed by atoms with Crippen LogP contribution in [-0.2, 0) is 5.41 Å². The number of furan rings is 1. The summed E-state index contributed by atoms with van der Waals surface area (Å²) in [6, 6.07) is 12.5. The summed E-state index contributed by atoms with van der Waals surface area (Å²) in [6.07, 6.45) is 1.12. The monoisotopic (exact) mass is 305 g/mol. The van der Waals surface area contributed by atoms with Crippen LogP contribution in [0.25, 0.3) is 0 Å². The second-order valence-corrected chi connectivity index (χ2v) is 6.36. The minimum Gasteiger partial charge on any atom is -0.448 e. The molecular formula is C18H24ClNO. The molecule has 21 heavy (non-hydrogen) atoms. The maximum Gasteiger partial charge on any atom is 0.193 e. The van der Waals surface area contributed by atoms with Gasteiger partial charge in [0.15, 0.2) is 5.22 Å². The summed E-state index contributed by atoms with van der Waals surface area (Å²) < 4.78 is 5.57. The van der Waals surface area contributed by atoms with E-state index in [-0.39, 0.29) is 11.5 Å². The van der Waals surface area contributed by atoms with Crippen LogP contribution >= 0.6 is 11.6 Å². The molecule has 0 aliphatic rings. The molecule has 2 rings (SSSR count). The summed E-state index contributed by atoms with van der Waals surface area (Å²) in [5.41, 5.74) is 2.76. The molecule has 0 aliphatic heterocycles. The van der Waals surface area contributed by atoms with Crippen molar-refractivity contribution in [3.05, 3.63) is 58.5 Å². The third-order valence-corrected chi connectivity index (χ3v) is 4.40. The number of hydrogen-bond acceptors (Lipinski definition) is 2. The number of halogens is 1. The lowest BCUT2D eigenvalue weighted by atomic mass is 9.82. The molecule has 0 aliphatic carbocycles. The van der Waals surface area contributed by atoms with E-state index in [4.69, 9.17) is 16.0 Å². The van der Waals surface area contributed by atoms with E-state index in [1.165, 1.54) is 11.1 Å². The fraction of sp³-hybridized carbons (Fsp3) is 0.444. The SMILES string of the molecule is CCNC(c1ccc(C(C)(C)CC)cc1)c1ccc(Cl)o1. The maximum atomic E-state index is 5.90. The second-order valence-electron chi connectivity index (χ2n) is 5.99. The van der Waals surface area contributed by atoms with Crippen LogP contribution in [0.4, 0.5) is 0 Å². The van der Waals surface area contributed by atoms with Gasteiger partial charge in [0, 0.05) is 0 Å². The molecule has 0 saturated carbocycles. The standard InChI is InChI=1S/C18H24ClNO/c1-5-18(3,4)14-9-7-13(8-10-14)17(20-6-2)15-11-12-16(19)21-15/h7-12,17,20H,5-6H2,1-4H3. The molecule has 1 aromatic carbocycles. The molecule has 0 spiro atoms. The average molecular weight is 306 g/mol. The van der Waals surface area contributed by atoms with Gasteiger partial charge in [-0.3, -0.25) is 0 Å². The minimum atomic E-state index is 0.0429. The lowest BCUT2D eigenvalue weighted by Gasteiger charge is -2.24. The molecule has 3 heteroatoms. The first kappa shape index (κ1) is 16.1. The zero-order chi connectivity index (χ0) is 15.5. The van der Waals surface area contributed by atoms with Crippen molar-refractivity contribution in [2.45, 2.75) is 45.6 Å². The van der Waals surface area contributed by atoms with Gasteiger partial charge in [0.25, 0.3) is 0 Å². The topological polar surface area (TPSA) is 25.2 Å². The Bertz CT molecular complexity index is 571. The zero-order valence-corrected chi connectivity index (χ0v) is 14.0. The Morgan fingerprint density at radius 3 is 2.24 bits per heavy atom. The predicted molar refractivity (Wildman–Crippen MR) is 89.0 cm³/mol. The largest absolute Gasteiger partial charge is 0.448 e. The van der Waals surface area contributed by atoms with E-state index in [0.29, 0.717) is 5.22 Å². The van der Waals surface area contributed by atoms with Crippen molar-refractivity contribution in [1.29, 1.82) is 0 Å². The normalized spacial score (nSPS) is 13.4. The van der Waals surface area contributed by atoms with Crippen LogP contribution in [-0.4, -0.2) is 6.54 Å². The Hall–Kier alpha value is -1.25. The van der Waals surface area contributed by atoms with E-state index in [1.807, 2.05) is 6.07 Å². The smallest absolute Gasteiger partial charge is 0.193 e. The van der Waals surface area contributed by atoms with Crippen LogP contribution < -0.4 is 5.32 Å². The molecule has 114 valence electrons. The molecule has 2 nitrogen and oxygen atoms in total. The van der Waals surface area contributed by atoms with Gasteiger partial charge in [-0.2, -0.15) is 0 Å². The van der Waals surface area contributed by atoms with Gasteiger partial charge in [-0.1, -0.05) is 52.0 Å². The number of benzene rings is 1. The highest BCUT2D eigenvalue weighted by molar-refractivity contribution is 6.28. The van der Waals surface area contributed by atoms with Gasteiger partial charge in [-0.05, 0) is 53.2 Å². The van der Waals surface area contributed by atoms with E-state index in [9.17, 15) is 0 Å². The summed E-state index contributed by atoms with van der Waals surface area (Å²) in [6.45, 7) is 9.73. The Balaban J connectivity index is 2.29. The first-order chi connectivity index (χ1) is 9.97. The van der Waals surface area contributed by atoms with Crippen molar-refractivity contribution in [2.75, 3.05) is 6.54 Å². The quantitative estimate of drug-likeness (QED) is 0.781. The van der Waals surface area contributed by atoms with Gasteiger partial charge in [-0.25, -0.2) is 0 Å². The molecule has 2 aromatic rings. The predicted octanol–water partition coefficient (Wildman–Crippen LogP) is 5.32. The van der Waals surface area contributed by atoms with Gasteiger partial charge in [0.05, 0.1) is 6.04 Å². The van der Waals surface area contributed by atoms with E-state index in [2.05, 4.69) is 57.3 Å². The van der Waals surface area contributed by atoms with Crippen molar-refractivity contribution < 1.29 is 4.42 Å². The Morgan fingerprint density at radius 2 is 1.76 bits per heavy atom. The second kappa shape index (κ2) is 6.67. The summed E-state index contributed by atoms with van der Waals surface area (Å²) in [4.78, 5) is 0. The highest BCUT2D eigenvalue weighted by atomic mass is 35.5. The van der Waals surface area contributed by atoms with Gasteiger partial charge in [0.1, 0.15) is 5.76 Å². The van der Waals surface area contributed by atoms with E-state index >= 15 is 0 Å². The van der Waals surface area contributed by atoms with Gasteiger partial charge < -0.3 is 9.73 Å². The summed E-state index contributed by atoms with van der Waals surface area (Å²) >= 11 is 5.90. The summed E-state index contributed by atoms with van der Waals surface area (Å²) in [7, 11) is 0.